The molecule has 110 valence electrons. The highest BCUT2D eigenvalue weighted by molar-refractivity contribution is 5.99. The molecule has 0 heterocycles. The highest BCUT2D eigenvalue weighted by Crippen LogP contribution is 2.31. The fourth-order valence-electron chi connectivity index (χ4n) is 2.68. The molecular formula is C15H17F3O2. The Kier molecular flexibility index (Phi) is 4.48. The van der Waals surface area contributed by atoms with Gasteiger partial charge in [0.25, 0.3) is 0 Å². The van der Waals surface area contributed by atoms with Crippen molar-refractivity contribution in [3.8, 4) is 0 Å². The lowest BCUT2D eigenvalue weighted by Gasteiger charge is -2.25. The predicted octanol–water partition coefficient (Wildman–Crippen LogP) is 3.83. The van der Waals surface area contributed by atoms with E-state index in [1.54, 1.807) is 0 Å². The maximum atomic E-state index is 12.6. The molecule has 1 fully saturated rings. The Morgan fingerprint density at radius 3 is 2.45 bits per heavy atom. The number of carbonyl (C=O) groups is 1. The van der Waals surface area contributed by atoms with E-state index >= 15 is 0 Å². The molecule has 2 rings (SSSR count). The quantitative estimate of drug-likeness (QED) is 0.857. The molecule has 1 unspecified atom stereocenters. The molecule has 1 aliphatic carbocycles. The number of carbonyl (C=O) groups excluding carboxylic acids is 1. The predicted molar refractivity (Wildman–Crippen MR) is 68.4 cm³/mol. The molecule has 1 aromatic carbocycles. The van der Waals surface area contributed by atoms with Crippen molar-refractivity contribution in [1.29, 1.82) is 0 Å². The van der Waals surface area contributed by atoms with E-state index in [9.17, 15) is 23.1 Å². The van der Waals surface area contributed by atoms with E-state index in [1.165, 1.54) is 12.1 Å². The average molecular weight is 286 g/mol. The van der Waals surface area contributed by atoms with E-state index in [0.717, 1.165) is 44.2 Å². The van der Waals surface area contributed by atoms with Crippen LogP contribution in [0.25, 0.3) is 0 Å². The molecule has 0 spiro atoms. The van der Waals surface area contributed by atoms with Crippen LogP contribution in [-0.2, 0) is 6.18 Å². The standard InChI is InChI=1S/C15H17F3O2/c16-15(17,18)12-8-4-7-11(9-12)14(20)13(19)10-5-2-1-3-6-10/h4,7-10,13,19H,1-3,5-6H2. The van der Waals surface area contributed by atoms with Gasteiger partial charge in [0.1, 0.15) is 6.10 Å². The summed E-state index contributed by atoms with van der Waals surface area (Å²) in [5, 5.41) is 10.1. The first-order chi connectivity index (χ1) is 9.39. The van der Waals surface area contributed by atoms with Crippen molar-refractivity contribution in [3.05, 3.63) is 35.4 Å². The summed E-state index contributed by atoms with van der Waals surface area (Å²) >= 11 is 0. The summed E-state index contributed by atoms with van der Waals surface area (Å²) in [7, 11) is 0. The second-order valence-corrected chi connectivity index (χ2v) is 5.29. The second-order valence-electron chi connectivity index (χ2n) is 5.29. The number of halogens is 3. The molecule has 0 radical (unpaired) electrons. The maximum absolute atomic E-state index is 12.6. The largest absolute Gasteiger partial charge is 0.416 e. The maximum Gasteiger partial charge on any atom is 0.416 e. The smallest absolute Gasteiger partial charge is 0.385 e. The molecule has 0 aromatic heterocycles. The molecule has 1 saturated carbocycles. The van der Waals surface area contributed by atoms with Crippen molar-refractivity contribution in [3.63, 3.8) is 0 Å². The van der Waals surface area contributed by atoms with Gasteiger partial charge < -0.3 is 5.11 Å². The molecule has 1 aliphatic rings. The van der Waals surface area contributed by atoms with Gasteiger partial charge in [-0.1, -0.05) is 31.4 Å². The third-order valence-corrected chi connectivity index (χ3v) is 3.84. The highest BCUT2D eigenvalue weighted by atomic mass is 19.4. The molecule has 2 nitrogen and oxygen atoms in total. The van der Waals surface area contributed by atoms with Gasteiger partial charge in [-0.25, -0.2) is 0 Å². The van der Waals surface area contributed by atoms with E-state index < -0.39 is 23.6 Å². The van der Waals surface area contributed by atoms with Gasteiger partial charge in [0, 0.05) is 5.56 Å². The number of hydrogen-bond acceptors (Lipinski definition) is 2. The SMILES string of the molecule is O=C(c1cccc(C(F)(F)F)c1)C(O)C1CCCCC1. The van der Waals surface area contributed by atoms with Gasteiger partial charge in [0.15, 0.2) is 5.78 Å². The first kappa shape index (κ1) is 15.0. The number of Topliss-reactive ketones (excluding diaryl/α,β-unsaturated/α-hetero) is 1. The van der Waals surface area contributed by atoms with E-state index in [1.807, 2.05) is 0 Å². The van der Waals surface area contributed by atoms with Crippen molar-refractivity contribution in [2.75, 3.05) is 0 Å². The molecule has 1 atom stereocenters. The molecular weight excluding hydrogens is 269 g/mol. The van der Waals surface area contributed by atoms with Gasteiger partial charge in [-0.05, 0) is 30.9 Å². The minimum absolute atomic E-state index is 0.0714. The van der Waals surface area contributed by atoms with Crippen LogP contribution in [0.5, 0.6) is 0 Å². The fourth-order valence-corrected chi connectivity index (χ4v) is 2.68. The van der Waals surface area contributed by atoms with Crippen LogP contribution in [0, 0.1) is 5.92 Å². The number of aliphatic hydroxyl groups excluding tert-OH is 1. The molecule has 0 amide bonds. The molecule has 1 aromatic rings. The normalized spacial score (nSPS) is 18.8. The van der Waals surface area contributed by atoms with Gasteiger partial charge in [0.05, 0.1) is 5.56 Å². The lowest BCUT2D eigenvalue weighted by molar-refractivity contribution is -0.137. The monoisotopic (exact) mass is 286 g/mol. The molecule has 0 aliphatic heterocycles. The van der Waals surface area contributed by atoms with Gasteiger partial charge in [-0.15, -0.1) is 0 Å². The van der Waals surface area contributed by atoms with Crippen LogP contribution in [0.1, 0.15) is 48.0 Å². The summed E-state index contributed by atoms with van der Waals surface area (Å²) in [6.07, 6.45) is -1.17. The Balaban J connectivity index is 2.16. The summed E-state index contributed by atoms with van der Waals surface area (Å²) in [5.41, 5.74) is -0.933. The number of alkyl halides is 3. The zero-order valence-corrected chi connectivity index (χ0v) is 11.0. The Bertz CT molecular complexity index is 476. The zero-order chi connectivity index (χ0) is 14.8. The summed E-state index contributed by atoms with van der Waals surface area (Å²) in [4.78, 5) is 12.1. The zero-order valence-electron chi connectivity index (χ0n) is 11.0. The molecule has 0 bridgehead atoms. The first-order valence-corrected chi connectivity index (χ1v) is 6.79. The molecule has 0 saturated heterocycles. The lowest BCUT2D eigenvalue weighted by Crippen LogP contribution is -2.31. The van der Waals surface area contributed by atoms with E-state index in [-0.39, 0.29) is 11.5 Å². The van der Waals surface area contributed by atoms with Gasteiger partial charge >= 0.3 is 6.18 Å². The van der Waals surface area contributed by atoms with Crippen LogP contribution in [0.2, 0.25) is 0 Å². The third kappa shape index (κ3) is 3.39. The average Bonchev–Trinajstić information content (AvgIpc) is 2.46. The number of rotatable bonds is 3. The Hall–Kier alpha value is -1.36. The molecule has 1 N–H and O–H groups in total. The summed E-state index contributed by atoms with van der Waals surface area (Å²) in [6, 6.07) is 4.26. The fraction of sp³-hybridized carbons (Fsp3) is 0.533. The van der Waals surface area contributed by atoms with E-state index in [4.69, 9.17) is 0 Å². The minimum Gasteiger partial charge on any atom is -0.385 e. The van der Waals surface area contributed by atoms with Gasteiger partial charge in [0.2, 0.25) is 0 Å². The number of ketones is 1. The topological polar surface area (TPSA) is 37.3 Å². The second kappa shape index (κ2) is 5.95. The van der Waals surface area contributed by atoms with Crippen molar-refractivity contribution in [2.24, 2.45) is 5.92 Å². The van der Waals surface area contributed by atoms with Crippen LogP contribution in [0.15, 0.2) is 24.3 Å². The van der Waals surface area contributed by atoms with Crippen molar-refractivity contribution in [1.82, 2.24) is 0 Å². The Morgan fingerprint density at radius 2 is 1.85 bits per heavy atom. The third-order valence-electron chi connectivity index (χ3n) is 3.84. The molecule has 20 heavy (non-hydrogen) atoms. The number of benzene rings is 1. The van der Waals surface area contributed by atoms with Crippen LogP contribution in [0.3, 0.4) is 0 Å². The number of hydrogen-bond donors (Lipinski definition) is 1. The first-order valence-electron chi connectivity index (χ1n) is 6.79. The lowest BCUT2D eigenvalue weighted by atomic mass is 9.82. The van der Waals surface area contributed by atoms with Crippen LogP contribution < -0.4 is 0 Å². The van der Waals surface area contributed by atoms with Crippen LogP contribution in [0.4, 0.5) is 13.2 Å². The summed E-state index contributed by atoms with van der Waals surface area (Å²) in [6.45, 7) is 0. The van der Waals surface area contributed by atoms with Crippen molar-refractivity contribution >= 4 is 5.78 Å². The van der Waals surface area contributed by atoms with E-state index in [2.05, 4.69) is 0 Å². The van der Waals surface area contributed by atoms with Crippen molar-refractivity contribution < 1.29 is 23.1 Å². The van der Waals surface area contributed by atoms with Gasteiger partial charge in [-0.2, -0.15) is 13.2 Å². The Labute approximate surface area is 115 Å². The Morgan fingerprint density at radius 1 is 1.20 bits per heavy atom. The molecule has 5 heteroatoms. The summed E-state index contributed by atoms with van der Waals surface area (Å²) < 4.78 is 37.8. The van der Waals surface area contributed by atoms with Crippen molar-refractivity contribution in [2.45, 2.75) is 44.4 Å². The van der Waals surface area contributed by atoms with E-state index in [0.29, 0.717) is 0 Å². The number of aliphatic hydroxyl groups is 1. The summed E-state index contributed by atoms with van der Waals surface area (Å²) in [5.74, 6) is -0.742. The van der Waals surface area contributed by atoms with Crippen LogP contribution in [-0.4, -0.2) is 17.0 Å². The minimum atomic E-state index is -4.48. The highest BCUT2D eigenvalue weighted by Gasteiger charge is 2.33. The van der Waals surface area contributed by atoms with Crippen LogP contribution >= 0.6 is 0 Å². The van der Waals surface area contributed by atoms with Gasteiger partial charge in [-0.3, -0.25) is 4.79 Å².